The van der Waals surface area contributed by atoms with E-state index in [0.717, 1.165) is 29.8 Å². The lowest BCUT2D eigenvalue weighted by Gasteiger charge is -2.11. The molecule has 1 atom stereocenters. The summed E-state index contributed by atoms with van der Waals surface area (Å²) in [5.41, 5.74) is 3.11. The fourth-order valence-electron chi connectivity index (χ4n) is 2.58. The van der Waals surface area contributed by atoms with Crippen LogP contribution in [0.15, 0.2) is 30.3 Å². The Bertz CT molecular complexity index is 661. The Kier molecular flexibility index (Phi) is 4.74. The van der Waals surface area contributed by atoms with Crippen LogP contribution in [0.1, 0.15) is 49.1 Å². The number of aromatic amines is 1. The lowest BCUT2D eigenvalue weighted by Crippen LogP contribution is -2.29. The first kappa shape index (κ1) is 15.7. The van der Waals surface area contributed by atoms with E-state index in [2.05, 4.69) is 15.5 Å². The molecule has 1 aliphatic rings. The number of carbonyl (C=O) groups excluding carboxylic acids is 1. The molecule has 0 radical (unpaired) electrons. The second kappa shape index (κ2) is 6.94. The fourth-order valence-corrected chi connectivity index (χ4v) is 2.58. The minimum atomic E-state index is -0.232. The van der Waals surface area contributed by atoms with Gasteiger partial charge in [0.2, 0.25) is 5.91 Å². The van der Waals surface area contributed by atoms with E-state index in [4.69, 9.17) is 0 Å². The van der Waals surface area contributed by atoms with Crippen molar-refractivity contribution in [1.82, 2.24) is 15.5 Å². The largest absolute Gasteiger partial charge is 0.350 e. The molecule has 1 unspecified atom stereocenters. The van der Waals surface area contributed by atoms with Crippen molar-refractivity contribution >= 4 is 5.91 Å². The SMILES string of the molecule is CC(CCc1ccc(F)cc1)C(=O)NCc1cc(C2CC2)n[nH]1. The van der Waals surface area contributed by atoms with Gasteiger partial charge in [0.15, 0.2) is 0 Å². The van der Waals surface area contributed by atoms with Crippen LogP contribution in [0.2, 0.25) is 0 Å². The average Bonchev–Trinajstić information content (AvgIpc) is 3.30. The highest BCUT2D eigenvalue weighted by Crippen LogP contribution is 2.38. The maximum Gasteiger partial charge on any atom is 0.223 e. The molecule has 1 heterocycles. The number of carbonyl (C=O) groups is 1. The first-order valence-corrected chi connectivity index (χ1v) is 8.18. The van der Waals surface area contributed by atoms with Crippen LogP contribution in [0.5, 0.6) is 0 Å². The summed E-state index contributed by atoms with van der Waals surface area (Å²) < 4.78 is 12.9. The third-order valence-electron chi connectivity index (χ3n) is 4.33. The zero-order valence-corrected chi connectivity index (χ0v) is 13.3. The normalized spacial score (nSPS) is 15.4. The summed E-state index contributed by atoms with van der Waals surface area (Å²) in [6.07, 6.45) is 3.95. The Morgan fingerprint density at radius 3 is 2.83 bits per heavy atom. The van der Waals surface area contributed by atoms with Crippen molar-refractivity contribution < 1.29 is 9.18 Å². The van der Waals surface area contributed by atoms with E-state index in [1.54, 1.807) is 12.1 Å². The lowest BCUT2D eigenvalue weighted by molar-refractivity contribution is -0.124. The first-order chi connectivity index (χ1) is 11.1. The minimum Gasteiger partial charge on any atom is -0.350 e. The number of hydrogen-bond acceptors (Lipinski definition) is 2. The maximum absolute atomic E-state index is 12.9. The molecular formula is C18H22FN3O. The Morgan fingerprint density at radius 1 is 1.39 bits per heavy atom. The summed E-state index contributed by atoms with van der Waals surface area (Å²) in [5.74, 6) is 0.343. The molecule has 1 amide bonds. The average molecular weight is 315 g/mol. The molecule has 1 fully saturated rings. The Labute approximate surface area is 135 Å². The molecule has 0 spiro atoms. The third-order valence-corrected chi connectivity index (χ3v) is 4.33. The van der Waals surface area contributed by atoms with Gasteiger partial charge in [0.1, 0.15) is 5.82 Å². The maximum atomic E-state index is 12.9. The molecule has 0 saturated heterocycles. The molecule has 1 aliphatic carbocycles. The number of H-pyrrole nitrogens is 1. The van der Waals surface area contributed by atoms with Gasteiger partial charge in [0.05, 0.1) is 17.9 Å². The number of halogens is 1. The van der Waals surface area contributed by atoms with Gasteiger partial charge in [0.25, 0.3) is 0 Å². The quantitative estimate of drug-likeness (QED) is 0.823. The fraction of sp³-hybridized carbons (Fsp3) is 0.444. The number of amides is 1. The van der Waals surface area contributed by atoms with Crippen molar-refractivity contribution in [3.05, 3.63) is 53.1 Å². The number of nitrogens with one attached hydrogen (secondary N) is 2. The van der Waals surface area contributed by atoms with Crippen molar-refractivity contribution in [3.63, 3.8) is 0 Å². The summed E-state index contributed by atoms with van der Waals surface area (Å²) in [5, 5.41) is 10.2. The number of nitrogens with zero attached hydrogens (tertiary/aromatic N) is 1. The predicted molar refractivity (Wildman–Crippen MR) is 86.3 cm³/mol. The second-order valence-electron chi connectivity index (χ2n) is 6.38. The molecule has 1 aromatic heterocycles. The summed E-state index contributed by atoms with van der Waals surface area (Å²) >= 11 is 0. The number of aryl methyl sites for hydroxylation is 1. The number of benzene rings is 1. The van der Waals surface area contributed by atoms with Gasteiger partial charge in [-0.15, -0.1) is 0 Å². The molecule has 3 rings (SSSR count). The van der Waals surface area contributed by atoms with Gasteiger partial charge in [-0.2, -0.15) is 5.10 Å². The van der Waals surface area contributed by atoms with Crippen molar-refractivity contribution in [1.29, 1.82) is 0 Å². The van der Waals surface area contributed by atoms with Crippen LogP contribution in [0.25, 0.3) is 0 Å². The van der Waals surface area contributed by atoms with E-state index < -0.39 is 0 Å². The van der Waals surface area contributed by atoms with Crippen molar-refractivity contribution in [2.45, 2.75) is 45.1 Å². The highest BCUT2D eigenvalue weighted by Gasteiger charge is 2.26. The van der Waals surface area contributed by atoms with Gasteiger partial charge in [-0.05, 0) is 49.4 Å². The lowest BCUT2D eigenvalue weighted by atomic mass is 10.0. The highest BCUT2D eigenvalue weighted by molar-refractivity contribution is 5.78. The van der Waals surface area contributed by atoms with Crippen LogP contribution in [0.3, 0.4) is 0 Å². The van der Waals surface area contributed by atoms with E-state index >= 15 is 0 Å². The number of hydrogen-bond donors (Lipinski definition) is 2. The van der Waals surface area contributed by atoms with Crippen LogP contribution in [-0.4, -0.2) is 16.1 Å². The zero-order chi connectivity index (χ0) is 16.2. The molecule has 2 N–H and O–H groups in total. The van der Waals surface area contributed by atoms with Crippen LogP contribution >= 0.6 is 0 Å². The standard InChI is InChI=1S/C18H22FN3O/c1-12(2-3-13-4-8-15(19)9-5-13)18(23)20-11-16-10-17(22-21-16)14-6-7-14/h4-5,8-10,12,14H,2-3,6-7,11H2,1H3,(H,20,23)(H,21,22). The predicted octanol–water partition coefficient (Wildman–Crippen LogP) is 3.31. The Morgan fingerprint density at radius 2 is 2.13 bits per heavy atom. The number of rotatable bonds is 7. The van der Waals surface area contributed by atoms with Gasteiger partial charge in [-0.25, -0.2) is 4.39 Å². The second-order valence-corrected chi connectivity index (χ2v) is 6.38. The third kappa shape index (κ3) is 4.41. The summed E-state index contributed by atoms with van der Waals surface area (Å²) in [6.45, 7) is 2.40. The molecule has 122 valence electrons. The molecule has 23 heavy (non-hydrogen) atoms. The van der Waals surface area contributed by atoms with E-state index in [-0.39, 0.29) is 17.6 Å². The topological polar surface area (TPSA) is 57.8 Å². The molecule has 2 aromatic rings. The van der Waals surface area contributed by atoms with Gasteiger partial charge in [-0.3, -0.25) is 9.89 Å². The molecule has 1 aromatic carbocycles. The minimum absolute atomic E-state index is 0.0367. The van der Waals surface area contributed by atoms with Crippen LogP contribution in [0, 0.1) is 11.7 Å². The van der Waals surface area contributed by atoms with Crippen LogP contribution < -0.4 is 5.32 Å². The summed E-state index contributed by atoms with van der Waals surface area (Å²) in [6, 6.07) is 8.49. The van der Waals surface area contributed by atoms with E-state index in [0.29, 0.717) is 12.5 Å². The van der Waals surface area contributed by atoms with Crippen LogP contribution in [-0.2, 0) is 17.8 Å². The van der Waals surface area contributed by atoms with Gasteiger partial charge in [0, 0.05) is 11.8 Å². The smallest absolute Gasteiger partial charge is 0.223 e. The van der Waals surface area contributed by atoms with E-state index in [9.17, 15) is 9.18 Å². The van der Waals surface area contributed by atoms with Crippen molar-refractivity contribution in [3.8, 4) is 0 Å². The summed E-state index contributed by atoms with van der Waals surface area (Å²) in [4.78, 5) is 12.1. The first-order valence-electron chi connectivity index (χ1n) is 8.18. The van der Waals surface area contributed by atoms with Crippen molar-refractivity contribution in [2.24, 2.45) is 5.92 Å². The Balaban J connectivity index is 1.42. The molecular weight excluding hydrogens is 293 g/mol. The molecule has 1 saturated carbocycles. The number of aromatic nitrogens is 2. The molecule has 0 aliphatic heterocycles. The van der Waals surface area contributed by atoms with Crippen molar-refractivity contribution in [2.75, 3.05) is 0 Å². The van der Waals surface area contributed by atoms with Crippen LogP contribution in [0.4, 0.5) is 4.39 Å². The zero-order valence-electron chi connectivity index (χ0n) is 13.3. The van der Waals surface area contributed by atoms with E-state index in [1.165, 1.54) is 25.0 Å². The van der Waals surface area contributed by atoms with E-state index in [1.807, 2.05) is 13.0 Å². The van der Waals surface area contributed by atoms with Gasteiger partial charge >= 0.3 is 0 Å². The molecule has 5 heteroatoms. The highest BCUT2D eigenvalue weighted by atomic mass is 19.1. The molecule has 4 nitrogen and oxygen atoms in total. The molecule has 0 bridgehead atoms. The van der Waals surface area contributed by atoms with Gasteiger partial charge in [-0.1, -0.05) is 19.1 Å². The monoisotopic (exact) mass is 315 g/mol. The Hall–Kier alpha value is -2.17. The summed E-state index contributed by atoms with van der Waals surface area (Å²) in [7, 11) is 0. The van der Waals surface area contributed by atoms with Gasteiger partial charge < -0.3 is 5.32 Å².